The van der Waals surface area contributed by atoms with Gasteiger partial charge in [-0.2, -0.15) is 0 Å². The predicted octanol–water partition coefficient (Wildman–Crippen LogP) is 2.51. The van der Waals surface area contributed by atoms with Crippen LogP contribution < -0.4 is 5.32 Å². The van der Waals surface area contributed by atoms with Crippen LogP contribution in [0.25, 0.3) is 0 Å². The van der Waals surface area contributed by atoms with Gasteiger partial charge in [-0.3, -0.25) is 4.79 Å². The van der Waals surface area contributed by atoms with E-state index in [1.54, 1.807) is 0 Å². The van der Waals surface area contributed by atoms with Crippen LogP contribution in [0.1, 0.15) is 52.9 Å². The Bertz CT molecular complexity index is 320. The number of hydrogen-bond acceptors (Lipinski definition) is 4. The first-order chi connectivity index (χ1) is 9.52. The van der Waals surface area contributed by atoms with E-state index < -0.39 is 0 Å². The molecule has 2 atom stereocenters. The Kier molecular flexibility index (Phi) is 5.44. The molecule has 1 saturated heterocycles. The van der Waals surface area contributed by atoms with Crippen molar-refractivity contribution in [2.75, 3.05) is 19.8 Å². The topological polar surface area (TPSA) is 47.6 Å². The third kappa shape index (κ3) is 4.19. The van der Waals surface area contributed by atoms with E-state index in [1.165, 1.54) is 0 Å². The van der Waals surface area contributed by atoms with Gasteiger partial charge < -0.3 is 14.8 Å². The van der Waals surface area contributed by atoms with Crippen molar-refractivity contribution in [3.8, 4) is 0 Å². The summed E-state index contributed by atoms with van der Waals surface area (Å²) in [5.74, 6) is -0.197. The molecule has 2 fully saturated rings. The molecule has 0 radical (unpaired) electrons. The molecular formula is C16H29NO3. The van der Waals surface area contributed by atoms with Crippen molar-refractivity contribution >= 4 is 5.97 Å². The molecule has 2 aliphatic rings. The average Bonchev–Trinajstić information content (AvgIpc) is 2.87. The molecule has 0 spiro atoms. The minimum absolute atomic E-state index is 0.0687. The van der Waals surface area contributed by atoms with Crippen LogP contribution in [0.15, 0.2) is 0 Å². The van der Waals surface area contributed by atoms with Crippen LogP contribution in [0.4, 0.5) is 0 Å². The highest BCUT2D eigenvalue weighted by Crippen LogP contribution is 2.36. The molecule has 0 aromatic heterocycles. The zero-order valence-electron chi connectivity index (χ0n) is 13.1. The summed E-state index contributed by atoms with van der Waals surface area (Å²) in [7, 11) is 0. The highest BCUT2D eigenvalue weighted by molar-refractivity contribution is 5.74. The maximum Gasteiger partial charge on any atom is 0.313 e. The summed E-state index contributed by atoms with van der Waals surface area (Å²) in [5, 5.41) is 3.39. The fourth-order valence-electron chi connectivity index (χ4n) is 3.06. The van der Waals surface area contributed by atoms with Gasteiger partial charge >= 0.3 is 5.97 Å². The first kappa shape index (κ1) is 15.8. The number of esters is 1. The van der Waals surface area contributed by atoms with E-state index in [0.29, 0.717) is 18.6 Å². The van der Waals surface area contributed by atoms with Crippen LogP contribution in [-0.4, -0.2) is 37.9 Å². The van der Waals surface area contributed by atoms with Crippen molar-refractivity contribution in [2.24, 2.45) is 11.3 Å². The van der Waals surface area contributed by atoms with Crippen molar-refractivity contribution in [2.45, 2.75) is 65.0 Å². The quantitative estimate of drug-likeness (QED) is 0.788. The molecule has 1 N–H and O–H groups in total. The molecule has 1 aliphatic carbocycles. The Balaban J connectivity index is 1.79. The van der Waals surface area contributed by atoms with E-state index in [9.17, 15) is 4.79 Å². The smallest absolute Gasteiger partial charge is 0.313 e. The molecule has 0 aromatic carbocycles. The van der Waals surface area contributed by atoms with Gasteiger partial charge in [-0.1, -0.05) is 20.8 Å². The Morgan fingerprint density at radius 3 is 2.65 bits per heavy atom. The summed E-state index contributed by atoms with van der Waals surface area (Å²) in [5.41, 5.74) is 0.407. The van der Waals surface area contributed by atoms with E-state index in [2.05, 4.69) is 26.1 Å². The van der Waals surface area contributed by atoms with Gasteiger partial charge in [-0.15, -0.1) is 0 Å². The monoisotopic (exact) mass is 283 g/mol. The molecule has 1 aliphatic heterocycles. The normalized spacial score (nSPS) is 30.4. The van der Waals surface area contributed by atoms with Crippen molar-refractivity contribution in [1.82, 2.24) is 5.32 Å². The van der Waals surface area contributed by atoms with Gasteiger partial charge in [0.25, 0.3) is 0 Å². The number of carbonyl (C=O) groups excluding carboxylic acids is 1. The average molecular weight is 283 g/mol. The molecule has 0 aromatic rings. The van der Waals surface area contributed by atoms with Gasteiger partial charge in [-0.05, 0) is 44.1 Å². The standard InChI is InChI=1S/C16H29NO3/c1-4-9-17-14-11-19-10-13(14)15(18)20-12-5-7-16(2,3)8-6-12/h12-14,17H,4-11H2,1-3H3. The Morgan fingerprint density at radius 2 is 2.00 bits per heavy atom. The summed E-state index contributed by atoms with van der Waals surface area (Å²) in [6.45, 7) is 8.76. The number of nitrogens with one attached hydrogen (secondary N) is 1. The number of carbonyl (C=O) groups is 1. The van der Waals surface area contributed by atoms with Crippen LogP contribution in [0, 0.1) is 11.3 Å². The van der Waals surface area contributed by atoms with Gasteiger partial charge in [0.15, 0.2) is 0 Å². The number of rotatable bonds is 5. The van der Waals surface area contributed by atoms with Gasteiger partial charge in [0.05, 0.1) is 19.1 Å². The molecule has 4 nitrogen and oxygen atoms in total. The van der Waals surface area contributed by atoms with Crippen molar-refractivity contribution < 1.29 is 14.3 Å². The highest BCUT2D eigenvalue weighted by Gasteiger charge is 2.37. The van der Waals surface area contributed by atoms with Gasteiger partial charge in [0.1, 0.15) is 6.10 Å². The summed E-state index contributed by atoms with van der Waals surface area (Å²) >= 11 is 0. The van der Waals surface area contributed by atoms with Crippen molar-refractivity contribution in [3.63, 3.8) is 0 Å². The molecule has 4 heteroatoms. The lowest BCUT2D eigenvalue weighted by Gasteiger charge is -2.34. The fourth-order valence-corrected chi connectivity index (χ4v) is 3.06. The molecule has 2 rings (SSSR count). The van der Waals surface area contributed by atoms with E-state index in [4.69, 9.17) is 9.47 Å². The Hall–Kier alpha value is -0.610. The molecule has 1 saturated carbocycles. The van der Waals surface area contributed by atoms with Crippen LogP contribution in [0.2, 0.25) is 0 Å². The molecule has 2 unspecified atom stereocenters. The third-order valence-corrected chi connectivity index (χ3v) is 4.61. The molecule has 0 bridgehead atoms. The summed E-state index contributed by atoms with van der Waals surface area (Å²) in [4.78, 5) is 12.3. The second-order valence-corrected chi connectivity index (χ2v) is 7.01. The second kappa shape index (κ2) is 6.90. The van der Waals surface area contributed by atoms with E-state index in [1.807, 2.05) is 0 Å². The van der Waals surface area contributed by atoms with Gasteiger partial charge in [-0.25, -0.2) is 0 Å². The minimum atomic E-state index is -0.128. The first-order valence-corrected chi connectivity index (χ1v) is 8.03. The molecular weight excluding hydrogens is 254 g/mol. The first-order valence-electron chi connectivity index (χ1n) is 8.03. The van der Waals surface area contributed by atoms with Crippen LogP contribution >= 0.6 is 0 Å². The lowest BCUT2D eigenvalue weighted by molar-refractivity contribution is -0.157. The van der Waals surface area contributed by atoms with E-state index >= 15 is 0 Å². The van der Waals surface area contributed by atoms with E-state index in [0.717, 1.165) is 38.6 Å². The minimum Gasteiger partial charge on any atom is -0.462 e. The lowest BCUT2D eigenvalue weighted by Crippen LogP contribution is -2.41. The van der Waals surface area contributed by atoms with Crippen LogP contribution in [-0.2, 0) is 14.3 Å². The third-order valence-electron chi connectivity index (χ3n) is 4.61. The lowest BCUT2D eigenvalue weighted by atomic mass is 9.76. The number of hydrogen-bond donors (Lipinski definition) is 1. The van der Waals surface area contributed by atoms with E-state index in [-0.39, 0.29) is 24.0 Å². The molecule has 116 valence electrons. The Morgan fingerprint density at radius 1 is 1.30 bits per heavy atom. The predicted molar refractivity (Wildman–Crippen MR) is 78.5 cm³/mol. The maximum atomic E-state index is 12.3. The summed E-state index contributed by atoms with van der Waals surface area (Å²) in [6.07, 6.45) is 5.46. The van der Waals surface area contributed by atoms with Crippen LogP contribution in [0.3, 0.4) is 0 Å². The number of ether oxygens (including phenoxy) is 2. The summed E-state index contributed by atoms with van der Waals surface area (Å²) in [6, 6.07) is 0.127. The van der Waals surface area contributed by atoms with Crippen LogP contribution in [0.5, 0.6) is 0 Å². The zero-order valence-corrected chi connectivity index (χ0v) is 13.1. The molecule has 0 amide bonds. The fraction of sp³-hybridized carbons (Fsp3) is 0.938. The maximum absolute atomic E-state index is 12.3. The highest BCUT2D eigenvalue weighted by atomic mass is 16.5. The summed E-state index contributed by atoms with van der Waals surface area (Å²) < 4.78 is 11.2. The van der Waals surface area contributed by atoms with Gasteiger partial charge in [0.2, 0.25) is 0 Å². The second-order valence-electron chi connectivity index (χ2n) is 7.01. The van der Waals surface area contributed by atoms with Crippen molar-refractivity contribution in [1.29, 1.82) is 0 Å². The largest absolute Gasteiger partial charge is 0.462 e. The Labute approximate surface area is 122 Å². The molecule has 20 heavy (non-hydrogen) atoms. The SMILES string of the molecule is CCCNC1COCC1C(=O)OC1CCC(C)(C)CC1. The zero-order chi connectivity index (χ0) is 14.6. The van der Waals surface area contributed by atoms with Gasteiger partial charge in [0, 0.05) is 6.04 Å². The van der Waals surface area contributed by atoms with Crippen molar-refractivity contribution in [3.05, 3.63) is 0 Å². The molecule has 1 heterocycles.